The first-order valence-electron chi connectivity index (χ1n) is 8.78. The molecule has 9 nitrogen and oxygen atoms in total. The molecule has 152 valence electrons. The summed E-state index contributed by atoms with van der Waals surface area (Å²) in [4.78, 5) is 22.3. The predicted octanol–water partition coefficient (Wildman–Crippen LogP) is 2.27. The van der Waals surface area contributed by atoms with Crippen LogP contribution in [0.3, 0.4) is 0 Å². The van der Waals surface area contributed by atoms with E-state index in [4.69, 9.17) is 4.74 Å². The molecule has 1 aliphatic heterocycles. The number of morpholine rings is 1. The van der Waals surface area contributed by atoms with Crippen molar-refractivity contribution in [3.63, 3.8) is 0 Å². The highest BCUT2D eigenvalue weighted by molar-refractivity contribution is 7.89. The second-order valence-electron chi connectivity index (χ2n) is 6.21. The van der Waals surface area contributed by atoms with Crippen LogP contribution in [0.1, 0.15) is 5.56 Å². The number of nitro groups is 1. The van der Waals surface area contributed by atoms with Gasteiger partial charge < -0.3 is 10.1 Å². The van der Waals surface area contributed by atoms with E-state index in [0.717, 1.165) is 0 Å². The number of carbonyl (C=O) groups is 1. The molecule has 0 unspecified atom stereocenters. The minimum Gasteiger partial charge on any atom is -0.379 e. The second-order valence-corrected chi connectivity index (χ2v) is 8.15. The van der Waals surface area contributed by atoms with Gasteiger partial charge in [0, 0.05) is 37.0 Å². The van der Waals surface area contributed by atoms with E-state index < -0.39 is 20.9 Å². The van der Waals surface area contributed by atoms with Gasteiger partial charge in [0.1, 0.15) is 0 Å². The van der Waals surface area contributed by atoms with Crippen LogP contribution >= 0.6 is 0 Å². The van der Waals surface area contributed by atoms with Gasteiger partial charge >= 0.3 is 0 Å². The molecule has 2 aromatic carbocycles. The molecule has 0 aromatic heterocycles. The lowest BCUT2D eigenvalue weighted by Gasteiger charge is -2.26. The van der Waals surface area contributed by atoms with Crippen LogP contribution in [-0.4, -0.2) is 49.9 Å². The fourth-order valence-corrected chi connectivity index (χ4v) is 4.12. The Morgan fingerprint density at radius 1 is 1.07 bits per heavy atom. The standard InChI is InChI=1S/C19H19N3O6S/c23-19(10-3-15-1-6-17(7-2-15)22(24)25)20-16-4-8-18(9-5-16)29(26,27)21-11-13-28-14-12-21/h1-10H,11-14H2,(H,20,23)/b10-3-. The van der Waals surface area contributed by atoms with Crippen molar-refractivity contribution in [2.75, 3.05) is 31.6 Å². The molecule has 1 heterocycles. The van der Waals surface area contributed by atoms with Gasteiger partial charge in [-0.3, -0.25) is 14.9 Å². The molecule has 2 aromatic rings. The highest BCUT2D eigenvalue weighted by Gasteiger charge is 2.26. The third-order valence-electron chi connectivity index (χ3n) is 4.26. The average Bonchev–Trinajstić information content (AvgIpc) is 2.73. The normalized spacial score (nSPS) is 15.3. The highest BCUT2D eigenvalue weighted by atomic mass is 32.2. The Morgan fingerprint density at radius 2 is 1.69 bits per heavy atom. The van der Waals surface area contributed by atoms with Gasteiger partial charge in [-0.25, -0.2) is 8.42 Å². The summed E-state index contributed by atoms with van der Waals surface area (Å²) in [6.45, 7) is 1.37. The fourth-order valence-electron chi connectivity index (χ4n) is 2.71. The number of benzene rings is 2. The number of non-ortho nitro benzene ring substituents is 1. The Kier molecular flexibility index (Phi) is 6.37. The maximum atomic E-state index is 12.6. The SMILES string of the molecule is O=C(/C=C\c1ccc([N+](=O)[O-])cc1)Nc1ccc(S(=O)(=O)N2CCOCC2)cc1. The molecule has 10 heteroatoms. The summed E-state index contributed by atoms with van der Waals surface area (Å²) in [7, 11) is -3.58. The molecule has 0 spiro atoms. The molecule has 1 N–H and O–H groups in total. The number of nitrogens with one attached hydrogen (secondary N) is 1. The largest absolute Gasteiger partial charge is 0.379 e. The fraction of sp³-hybridized carbons (Fsp3) is 0.211. The van der Waals surface area contributed by atoms with Crippen molar-refractivity contribution in [3.8, 4) is 0 Å². The third-order valence-corrected chi connectivity index (χ3v) is 6.17. The van der Waals surface area contributed by atoms with Gasteiger partial charge in [0.15, 0.2) is 0 Å². The Bertz CT molecular complexity index is 1010. The van der Waals surface area contributed by atoms with Gasteiger partial charge in [-0.2, -0.15) is 4.31 Å². The molecule has 1 aliphatic rings. The number of carbonyl (C=O) groups excluding carboxylic acids is 1. The molecule has 1 saturated heterocycles. The number of anilines is 1. The number of nitrogens with zero attached hydrogens (tertiary/aromatic N) is 2. The number of rotatable bonds is 6. The van der Waals surface area contributed by atoms with Crippen molar-refractivity contribution in [2.45, 2.75) is 4.90 Å². The summed E-state index contributed by atoms with van der Waals surface area (Å²) >= 11 is 0. The number of ether oxygens (including phenoxy) is 1. The van der Waals surface area contributed by atoms with Crippen molar-refractivity contribution in [3.05, 3.63) is 70.3 Å². The molecule has 0 radical (unpaired) electrons. The molecule has 3 rings (SSSR count). The quantitative estimate of drug-likeness (QED) is 0.437. The summed E-state index contributed by atoms with van der Waals surface area (Å²) in [5.41, 5.74) is 1.06. The second kappa shape index (κ2) is 8.95. The van der Waals surface area contributed by atoms with E-state index >= 15 is 0 Å². The maximum Gasteiger partial charge on any atom is 0.269 e. The van der Waals surface area contributed by atoms with E-state index in [-0.39, 0.29) is 10.6 Å². The van der Waals surface area contributed by atoms with E-state index in [1.54, 1.807) is 0 Å². The summed E-state index contributed by atoms with van der Waals surface area (Å²) in [5.74, 6) is -0.410. The Hall–Kier alpha value is -3.08. The molecule has 1 fully saturated rings. The van der Waals surface area contributed by atoms with Crippen LogP contribution < -0.4 is 5.32 Å². The average molecular weight is 417 g/mol. The number of amides is 1. The molecular weight excluding hydrogens is 398 g/mol. The molecule has 0 saturated carbocycles. The van der Waals surface area contributed by atoms with Gasteiger partial charge in [-0.05, 0) is 48.0 Å². The van der Waals surface area contributed by atoms with E-state index in [2.05, 4.69) is 5.32 Å². The molecule has 29 heavy (non-hydrogen) atoms. The first-order chi connectivity index (χ1) is 13.9. The van der Waals surface area contributed by atoms with Crippen molar-refractivity contribution < 1.29 is 22.9 Å². The molecule has 0 aliphatic carbocycles. The predicted molar refractivity (Wildman–Crippen MR) is 107 cm³/mol. The van der Waals surface area contributed by atoms with Crippen LogP contribution in [0, 0.1) is 10.1 Å². The maximum absolute atomic E-state index is 12.6. The first kappa shape index (κ1) is 20.6. The first-order valence-corrected chi connectivity index (χ1v) is 10.2. The lowest BCUT2D eigenvalue weighted by Crippen LogP contribution is -2.40. The Morgan fingerprint density at radius 3 is 2.28 bits per heavy atom. The Balaban J connectivity index is 1.61. The summed E-state index contributed by atoms with van der Waals surface area (Å²) in [6, 6.07) is 11.7. The van der Waals surface area contributed by atoms with Crippen LogP contribution in [0.2, 0.25) is 0 Å². The monoisotopic (exact) mass is 417 g/mol. The van der Waals surface area contributed by atoms with Crippen LogP contribution in [0.5, 0.6) is 0 Å². The van der Waals surface area contributed by atoms with Crippen LogP contribution in [0.15, 0.2) is 59.5 Å². The zero-order valence-corrected chi connectivity index (χ0v) is 16.2. The zero-order chi connectivity index (χ0) is 20.9. The van der Waals surface area contributed by atoms with Gasteiger partial charge in [0.2, 0.25) is 15.9 Å². The smallest absolute Gasteiger partial charge is 0.269 e. The van der Waals surface area contributed by atoms with E-state index in [1.807, 2.05) is 0 Å². The molecular formula is C19H19N3O6S. The van der Waals surface area contributed by atoms with Crippen LogP contribution in [-0.2, 0) is 19.6 Å². The summed E-state index contributed by atoms with van der Waals surface area (Å²) < 4.78 is 31.7. The van der Waals surface area contributed by atoms with E-state index in [1.165, 1.54) is 65.0 Å². The van der Waals surface area contributed by atoms with Crippen molar-refractivity contribution >= 4 is 33.4 Å². The lowest BCUT2D eigenvalue weighted by molar-refractivity contribution is -0.384. The van der Waals surface area contributed by atoms with Crippen molar-refractivity contribution in [1.82, 2.24) is 4.31 Å². The van der Waals surface area contributed by atoms with E-state index in [0.29, 0.717) is 37.6 Å². The summed E-state index contributed by atoms with van der Waals surface area (Å²) in [5, 5.41) is 13.3. The van der Waals surface area contributed by atoms with Gasteiger partial charge in [0.25, 0.3) is 5.69 Å². The van der Waals surface area contributed by atoms with Gasteiger partial charge in [0.05, 0.1) is 23.0 Å². The van der Waals surface area contributed by atoms with Crippen molar-refractivity contribution in [1.29, 1.82) is 0 Å². The lowest BCUT2D eigenvalue weighted by atomic mass is 10.2. The van der Waals surface area contributed by atoms with Crippen molar-refractivity contribution in [2.24, 2.45) is 0 Å². The van der Waals surface area contributed by atoms with Gasteiger partial charge in [-0.1, -0.05) is 0 Å². The highest BCUT2D eigenvalue weighted by Crippen LogP contribution is 2.19. The summed E-state index contributed by atoms with van der Waals surface area (Å²) in [6.07, 6.45) is 2.82. The number of sulfonamides is 1. The topological polar surface area (TPSA) is 119 Å². The molecule has 1 amide bonds. The minimum atomic E-state index is -3.58. The van der Waals surface area contributed by atoms with Crippen LogP contribution in [0.25, 0.3) is 6.08 Å². The van der Waals surface area contributed by atoms with E-state index in [9.17, 15) is 23.3 Å². The Labute approximate surface area is 167 Å². The van der Waals surface area contributed by atoms with Gasteiger partial charge in [-0.15, -0.1) is 0 Å². The number of hydrogen-bond acceptors (Lipinski definition) is 6. The zero-order valence-electron chi connectivity index (χ0n) is 15.4. The molecule has 0 bridgehead atoms. The third kappa shape index (κ3) is 5.25. The van der Waals surface area contributed by atoms with Crippen LogP contribution in [0.4, 0.5) is 11.4 Å². The number of hydrogen-bond donors (Lipinski definition) is 1. The minimum absolute atomic E-state index is 0.0290. The number of nitro benzene ring substituents is 1. The molecule has 0 atom stereocenters.